The Bertz CT molecular complexity index is 575. The van der Waals surface area contributed by atoms with Crippen LogP contribution in [-0.2, 0) is 10.0 Å². The minimum absolute atomic E-state index is 0.111. The third-order valence-electron chi connectivity index (χ3n) is 3.80. The van der Waals surface area contributed by atoms with Crippen molar-refractivity contribution in [1.82, 2.24) is 4.72 Å². The zero-order chi connectivity index (χ0) is 14.8. The van der Waals surface area contributed by atoms with Crippen LogP contribution in [0.25, 0.3) is 0 Å². The third kappa shape index (κ3) is 3.73. The Hall–Kier alpha value is -0.620. The highest BCUT2D eigenvalue weighted by molar-refractivity contribution is 7.89. The van der Waals surface area contributed by atoms with Crippen molar-refractivity contribution in [3.05, 3.63) is 28.8 Å². The molecule has 0 radical (unpaired) electrons. The van der Waals surface area contributed by atoms with Gasteiger partial charge in [-0.2, -0.15) is 0 Å². The van der Waals surface area contributed by atoms with Crippen LogP contribution in [-0.4, -0.2) is 20.5 Å². The van der Waals surface area contributed by atoms with Gasteiger partial charge in [-0.3, -0.25) is 0 Å². The molecule has 1 aliphatic rings. The lowest BCUT2D eigenvalue weighted by atomic mass is 10.1. The molecule has 6 heteroatoms. The summed E-state index contributed by atoms with van der Waals surface area (Å²) in [6.07, 6.45) is 4.87. The summed E-state index contributed by atoms with van der Waals surface area (Å²) in [5.41, 5.74) is 6.72. The first-order valence-corrected chi connectivity index (χ1v) is 8.80. The Morgan fingerprint density at radius 3 is 2.65 bits per heavy atom. The Balaban J connectivity index is 2.21. The van der Waals surface area contributed by atoms with Crippen molar-refractivity contribution in [3.8, 4) is 0 Å². The Morgan fingerprint density at radius 1 is 1.25 bits per heavy atom. The van der Waals surface area contributed by atoms with Crippen molar-refractivity contribution in [1.29, 1.82) is 0 Å². The molecule has 4 nitrogen and oxygen atoms in total. The molecule has 0 spiro atoms. The van der Waals surface area contributed by atoms with Crippen molar-refractivity contribution in [2.75, 3.05) is 0 Å². The molecule has 1 saturated carbocycles. The number of halogens is 1. The van der Waals surface area contributed by atoms with Gasteiger partial charge in [0.15, 0.2) is 0 Å². The summed E-state index contributed by atoms with van der Waals surface area (Å²) in [6.45, 7) is 1.74. The van der Waals surface area contributed by atoms with Crippen LogP contribution in [0.15, 0.2) is 23.1 Å². The molecule has 1 fully saturated rings. The second kappa shape index (κ2) is 6.43. The number of hydrogen-bond acceptors (Lipinski definition) is 3. The number of hydrogen-bond donors (Lipinski definition) is 2. The number of aryl methyl sites for hydroxylation is 1. The van der Waals surface area contributed by atoms with Gasteiger partial charge in [0.25, 0.3) is 0 Å². The van der Waals surface area contributed by atoms with E-state index in [1.54, 1.807) is 25.1 Å². The van der Waals surface area contributed by atoms with Gasteiger partial charge in [0.1, 0.15) is 0 Å². The van der Waals surface area contributed by atoms with E-state index in [0.29, 0.717) is 10.6 Å². The average Bonchev–Trinajstić information content (AvgIpc) is 2.54. The minimum atomic E-state index is -3.55. The third-order valence-corrected chi connectivity index (χ3v) is 5.69. The number of sulfonamides is 1. The normalized spacial score (nSPS) is 24.4. The first-order chi connectivity index (χ1) is 9.40. The molecule has 20 heavy (non-hydrogen) atoms. The Labute approximate surface area is 125 Å². The molecule has 1 aliphatic carbocycles. The van der Waals surface area contributed by atoms with E-state index in [0.717, 1.165) is 32.1 Å². The van der Waals surface area contributed by atoms with Crippen molar-refractivity contribution >= 4 is 21.6 Å². The number of rotatable bonds is 3. The van der Waals surface area contributed by atoms with E-state index in [9.17, 15) is 8.42 Å². The second-order valence-corrected chi connectivity index (χ2v) is 7.56. The predicted octanol–water partition coefficient (Wildman–Crippen LogP) is 2.59. The molecule has 0 aliphatic heterocycles. The van der Waals surface area contributed by atoms with Gasteiger partial charge in [-0.15, -0.1) is 0 Å². The molecule has 0 heterocycles. The molecule has 0 saturated heterocycles. The molecule has 2 unspecified atom stereocenters. The van der Waals surface area contributed by atoms with Gasteiger partial charge in [0, 0.05) is 17.1 Å². The topological polar surface area (TPSA) is 72.2 Å². The van der Waals surface area contributed by atoms with E-state index in [2.05, 4.69) is 4.72 Å². The lowest BCUT2D eigenvalue weighted by Gasteiger charge is -2.23. The highest BCUT2D eigenvalue weighted by Gasteiger charge is 2.27. The van der Waals surface area contributed by atoms with Gasteiger partial charge in [-0.05, 0) is 43.5 Å². The second-order valence-electron chi connectivity index (χ2n) is 5.44. The number of nitrogens with one attached hydrogen (secondary N) is 1. The molecule has 1 aromatic rings. The summed E-state index contributed by atoms with van der Waals surface area (Å²) in [6, 6.07) is 4.50. The smallest absolute Gasteiger partial charge is 0.241 e. The molecular formula is C14H21ClN2O2S. The fourth-order valence-electron chi connectivity index (χ4n) is 2.66. The largest absolute Gasteiger partial charge is 0.326 e. The van der Waals surface area contributed by atoms with Gasteiger partial charge >= 0.3 is 0 Å². The molecule has 0 amide bonds. The molecular weight excluding hydrogens is 296 g/mol. The SMILES string of the molecule is Cc1cc(Cl)ccc1S(=O)(=O)NC1CCCCCC1N. The van der Waals surface area contributed by atoms with E-state index < -0.39 is 10.0 Å². The van der Waals surface area contributed by atoms with Gasteiger partial charge in [0.05, 0.1) is 4.90 Å². The van der Waals surface area contributed by atoms with Crippen LogP contribution in [0.4, 0.5) is 0 Å². The maximum Gasteiger partial charge on any atom is 0.241 e. The summed E-state index contributed by atoms with van der Waals surface area (Å²) >= 11 is 5.87. The summed E-state index contributed by atoms with van der Waals surface area (Å²) in [5, 5.41) is 0.535. The van der Waals surface area contributed by atoms with Crippen LogP contribution in [0.2, 0.25) is 5.02 Å². The highest BCUT2D eigenvalue weighted by atomic mass is 35.5. The quantitative estimate of drug-likeness (QED) is 0.842. The standard InChI is InChI=1S/C14H21ClN2O2S/c1-10-9-11(15)7-8-14(10)20(18,19)17-13-6-4-2-3-5-12(13)16/h7-9,12-13,17H,2-6,16H2,1H3. The zero-order valence-corrected chi connectivity index (χ0v) is 13.2. The van der Waals surface area contributed by atoms with E-state index in [4.69, 9.17) is 17.3 Å². The number of benzene rings is 1. The first-order valence-electron chi connectivity index (χ1n) is 6.94. The lowest BCUT2D eigenvalue weighted by molar-refractivity contribution is 0.456. The maximum atomic E-state index is 12.5. The maximum absolute atomic E-state index is 12.5. The number of nitrogens with two attached hydrogens (primary N) is 1. The van der Waals surface area contributed by atoms with Crippen LogP contribution in [0, 0.1) is 6.92 Å². The zero-order valence-electron chi connectivity index (χ0n) is 11.6. The lowest BCUT2D eigenvalue weighted by Crippen LogP contribution is -2.46. The fraction of sp³-hybridized carbons (Fsp3) is 0.571. The van der Waals surface area contributed by atoms with Crippen LogP contribution in [0.3, 0.4) is 0 Å². The summed E-state index contributed by atoms with van der Waals surface area (Å²) in [5.74, 6) is 0. The van der Waals surface area contributed by atoms with E-state index in [1.165, 1.54) is 0 Å². The van der Waals surface area contributed by atoms with Crippen LogP contribution in [0.5, 0.6) is 0 Å². The Morgan fingerprint density at radius 2 is 1.95 bits per heavy atom. The molecule has 0 bridgehead atoms. The van der Waals surface area contributed by atoms with Crippen LogP contribution < -0.4 is 10.5 Å². The highest BCUT2D eigenvalue weighted by Crippen LogP contribution is 2.22. The molecule has 0 aromatic heterocycles. The van der Waals surface area contributed by atoms with Gasteiger partial charge in [-0.1, -0.05) is 30.9 Å². The molecule has 3 N–H and O–H groups in total. The van der Waals surface area contributed by atoms with Crippen molar-refractivity contribution in [2.24, 2.45) is 5.73 Å². The average molecular weight is 317 g/mol. The van der Waals surface area contributed by atoms with Crippen molar-refractivity contribution < 1.29 is 8.42 Å². The van der Waals surface area contributed by atoms with Crippen LogP contribution in [0.1, 0.15) is 37.7 Å². The fourth-order valence-corrected chi connectivity index (χ4v) is 4.43. The summed E-state index contributed by atoms with van der Waals surface area (Å²) in [4.78, 5) is 0.276. The first kappa shape index (κ1) is 15.8. The van der Waals surface area contributed by atoms with Gasteiger partial charge < -0.3 is 5.73 Å². The van der Waals surface area contributed by atoms with Gasteiger partial charge in [-0.25, -0.2) is 13.1 Å². The molecule has 112 valence electrons. The van der Waals surface area contributed by atoms with Crippen LogP contribution >= 0.6 is 11.6 Å². The molecule has 2 rings (SSSR count). The molecule has 1 aromatic carbocycles. The predicted molar refractivity (Wildman–Crippen MR) is 81.4 cm³/mol. The van der Waals surface area contributed by atoms with Crippen molar-refractivity contribution in [3.63, 3.8) is 0 Å². The minimum Gasteiger partial charge on any atom is -0.326 e. The summed E-state index contributed by atoms with van der Waals surface area (Å²) < 4.78 is 27.7. The van der Waals surface area contributed by atoms with E-state index in [-0.39, 0.29) is 17.0 Å². The molecule has 2 atom stereocenters. The summed E-state index contributed by atoms with van der Waals surface area (Å²) in [7, 11) is -3.55. The Kier molecular flexibility index (Phi) is 5.07. The van der Waals surface area contributed by atoms with Crippen molar-refractivity contribution in [2.45, 2.75) is 56.0 Å². The monoisotopic (exact) mass is 316 g/mol. The van der Waals surface area contributed by atoms with Gasteiger partial charge in [0.2, 0.25) is 10.0 Å². The van der Waals surface area contributed by atoms with E-state index in [1.807, 2.05) is 0 Å². The van der Waals surface area contributed by atoms with E-state index >= 15 is 0 Å².